The van der Waals surface area contributed by atoms with Crippen molar-refractivity contribution in [3.8, 4) is 11.3 Å². The second-order valence-electron chi connectivity index (χ2n) is 6.69. The molecule has 0 aliphatic carbocycles. The predicted octanol–water partition coefficient (Wildman–Crippen LogP) is 4.79. The largest absolute Gasteiger partial charge is 0.338 e. The SMILES string of the molecule is CC(=O)N(CCc1csc2nc(-c3ccc(F)cc3)cn12)Cc1ccccc1. The fourth-order valence-electron chi connectivity index (χ4n) is 3.17. The number of fused-ring (bicyclic) bond motifs is 1. The van der Waals surface area contributed by atoms with Gasteiger partial charge in [-0.3, -0.25) is 9.20 Å². The van der Waals surface area contributed by atoms with Crippen molar-refractivity contribution in [1.82, 2.24) is 14.3 Å². The lowest BCUT2D eigenvalue weighted by atomic mass is 10.2. The maximum absolute atomic E-state index is 13.2. The van der Waals surface area contributed by atoms with Crippen LogP contribution in [0.4, 0.5) is 4.39 Å². The van der Waals surface area contributed by atoms with Crippen molar-refractivity contribution in [2.45, 2.75) is 19.9 Å². The molecule has 0 N–H and O–H groups in total. The zero-order valence-electron chi connectivity index (χ0n) is 15.5. The number of benzene rings is 2. The second-order valence-corrected chi connectivity index (χ2v) is 7.53. The molecular weight excluding hydrogens is 373 g/mol. The van der Waals surface area contributed by atoms with Crippen LogP contribution in [0.5, 0.6) is 0 Å². The summed E-state index contributed by atoms with van der Waals surface area (Å²) in [5.41, 5.74) is 3.94. The Morgan fingerprint density at radius 3 is 2.61 bits per heavy atom. The number of hydrogen-bond acceptors (Lipinski definition) is 3. The molecule has 2 heterocycles. The molecule has 6 heteroatoms. The third kappa shape index (κ3) is 3.97. The summed E-state index contributed by atoms with van der Waals surface area (Å²) in [5, 5.41) is 2.08. The molecular formula is C22H20FN3OS. The summed E-state index contributed by atoms with van der Waals surface area (Å²) < 4.78 is 15.2. The monoisotopic (exact) mass is 393 g/mol. The van der Waals surface area contributed by atoms with Crippen LogP contribution in [0.2, 0.25) is 0 Å². The predicted molar refractivity (Wildman–Crippen MR) is 110 cm³/mol. The first-order valence-corrected chi connectivity index (χ1v) is 9.99. The van der Waals surface area contributed by atoms with Crippen molar-refractivity contribution in [3.63, 3.8) is 0 Å². The van der Waals surface area contributed by atoms with Crippen LogP contribution in [0, 0.1) is 5.82 Å². The Kier molecular flexibility index (Phi) is 5.21. The average Bonchev–Trinajstić information content (AvgIpc) is 3.27. The van der Waals surface area contributed by atoms with Gasteiger partial charge in [-0.05, 0) is 29.8 Å². The van der Waals surface area contributed by atoms with E-state index in [1.54, 1.807) is 30.4 Å². The number of imidazole rings is 1. The van der Waals surface area contributed by atoms with Crippen LogP contribution in [0.1, 0.15) is 18.2 Å². The molecule has 2 aromatic heterocycles. The van der Waals surface area contributed by atoms with Crippen LogP contribution >= 0.6 is 11.3 Å². The third-order valence-corrected chi connectivity index (χ3v) is 5.61. The maximum Gasteiger partial charge on any atom is 0.219 e. The maximum atomic E-state index is 13.2. The summed E-state index contributed by atoms with van der Waals surface area (Å²) in [6, 6.07) is 16.4. The summed E-state index contributed by atoms with van der Waals surface area (Å²) >= 11 is 1.57. The lowest BCUT2D eigenvalue weighted by Crippen LogP contribution is -2.30. The summed E-state index contributed by atoms with van der Waals surface area (Å²) in [7, 11) is 0. The molecule has 0 fully saturated rings. The highest BCUT2D eigenvalue weighted by Gasteiger charge is 2.13. The molecule has 0 radical (unpaired) electrons. The van der Waals surface area contributed by atoms with Crippen LogP contribution in [0.3, 0.4) is 0 Å². The minimum atomic E-state index is -0.256. The fraction of sp³-hybridized carbons (Fsp3) is 0.182. The normalized spacial score (nSPS) is 11.1. The number of carbonyl (C=O) groups is 1. The summed E-state index contributed by atoms with van der Waals surface area (Å²) in [4.78, 5) is 19.5. The van der Waals surface area contributed by atoms with Crippen molar-refractivity contribution < 1.29 is 9.18 Å². The molecule has 0 spiro atoms. The van der Waals surface area contributed by atoms with E-state index in [0.717, 1.165) is 33.9 Å². The fourth-order valence-corrected chi connectivity index (χ4v) is 4.08. The van der Waals surface area contributed by atoms with Gasteiger partial charge in [-0.2, -0.15) is 0 Å². The Morgan fingerprint density at radius 2 is 1.89 bits per heavy atom. The third-order valence-electron chi connectivity index (χ3n) is 4.72. The molecule has 1 amide bonds. The van der Waals surface area contributed by atoms with Gasteiger partial charge >= 0.3 is 0 Å². The Labute approximate surface area is 166 Å². The lowest BCUT2D eigenvalue weighted by molar-refractivity contribution is -0.129. The van der Waals surface area contributed by atoms with Crippen molar-refractivity contribution in [2.24, 2.45) is 0 Å². The molecule has 142 valence electrons. The topological polar surface area (TPSA) is 37.6 Å². The smallest absolute Gasteiger partial charge is 0.219 e. The van der Waals surface area contributed by atoms with Gasteiger partial charge in [0, 0.05) is 49.3 Å². The molecule has 4 aromatic rings. The van der Waals surface area contributed by atoms with Crippen molar-refractivity contribution >= 4 is 22.2 Å². The quantitative estimate of drug-likeness (QED) is 0.472. The van der Waals surface area contributed by atoms with E-state index in [1.807, 2.05) is 41.4 Å². The number of hydrogen-bond donors (Lipinski definition) is 0. The number of rotatable bonds is 6. The number of amides is 1. The lowest BCUT2D eigenvalue weighted by Gasteiger charge is -2.21. The van der Waals surface area contributed by atoms with E-state index in [-0.39, 0.29) is 11.7 Å². The van der Waals surface area contributed by atoms with Gasteiger partial charge in [-0.25, -0.2) is 9.37 Å². The number of carbonyl (C=O) groups excluding carboxylic acids is 1. The number of aromatic nitrogens is 2. The minimum Gasteiger partial charge on any atom is -0.338 e. The average molecular weight is 393 g/mol. The van der Waals surface area contributed by atoms with Crippen LogP contribution in [-0.4, -0.2) is 26.7 Å². The summed E-state index contributed by atoms with van der Waals surface area (Å²) in [6.07, 6.45) is 2.72. The van der Waals surface area contributed by atoms with E-state index < -0.39 is 0 Å². The standard InChI is InChI=1S/C22H20FN3OS/c1-16(27)25(13-17-5-3-2-4-6-17)12-11-20-15-28-22-24-21(14-26(20)22)18-7-9-19(23)10-8-18/h2-10,14-15H,11-13H2,1H3. The van der Waals surface area contributed by atoms with Crippen LogP contribution in [0.25, 0.3) is 16.2 Å². The van der Waals surface area contributed by atoms with Crippen LogP contribution in [-0.2, 0) is 17.8 Å². The van der Waals surface area contributed by atoms with E-state index in [9.17, 15) is 9.18 Å². The van der Waals surface area contributed by atoms with Crippen molar-refractivity contribution in [3.05, 3.63) is 83.2 Å². The van der Waals surface area contributed by atoms with E-state index >= 15 is 0 Å². The molecule has 0 saturated heterocycles. The van der Waals surface area contributed by atoms with Crippen molar-refractivity contribution in [2.75, 3.05) is 6.54 Å². The highest BCUT2D eigenvalue weighted by Crippen LogP contribution is 2.24. The molecule has 4 nitrogen and oxygen atoms in total. The number of thiazole rings is 1. The van der Waals surface area contributed by atoms with Gasteiger partial charge in [0.2, 0.25) is 5.91 Å². The first-order chi connectivity index (χ1) is 13.6. The Hall–Kier alpha value is -2.99. The van der Waals surface area contributed by atoms with Gasteiger partial charge in [-0.1, -0.05) is 30.3 Å². The summed E-state index contributed by atoms with van der Waals surface area (Å²) in [5.74, 6) is -0.193. The second kappa shape index (κ2) is 7.94. The van der Waals surface area contributed by atoms with Gasteiger partial charge in [0.1, 0.15) is 5.82 Å². The highest BCUT2D eigenvalue weighted by atomic mass is 32.1. The molecule has 0 aliphatic rings. The molecule has 0 saturated carbocycles. The molecule has 0 atom stereocenters. The Bertz CT molecular complexity index is 1090. The number of halogens is 1. The Morgan fingerprint density at radius 1 is 1.14 bits per heavy atom. The molecule has 0 unspecified atom stereocenters. The van der Waals surface area contributed by atoms with Gasteiger partial charge in [0.05, 0.1) is 5.69 Å². The van der Waals surface area contributed by atoms with E-state index in [1.165, 1.54) is 12.1 Å². The van der Waals surface area contributed by atoms with Gasteiger partial charge < -0.3 is 4.90 Å². The van der Waals surface area contributed by atoms with E-state index in [4.69, 9.17) is 0 Å². The molecule has 2 aromatic carbocycles. The Balaban J connectivity index is 1.51. The van der Waals surface area contributed by atoms with E-state index in [2.05, 4.69) is 14.8 Å². The van der Waals surface area contributed by atoms with Gasteiger partial charge in [0.15, 0.2) is 4.96 Å². The molecule has 28 heavy (non-hydrogen) atoms. The molecule has 4 rings (SSSR count). The summed E-state index contributed by atoms with van der Waals surface area (Å²) in [6.45, 7) is 2.85. The van der Waals surface area contributed by atoms with Crippen LogP contribution < -0.4 is 0 Å². The van der Waals surface area contributed by atoms with E-state index in [0.29, 0.717) is 13.1 Å². The first-order valence-electron chi connectivity index (χ1n) is 9.11. The van der Waals surface area contributed by atoms with Crippen molar-refractivity contribution in [1.29, 1.82) is 0 Å². The zero-order chi connectivity index (χ0) is 19.5. The molecule has 0 bridgehead atoms. The number of nitrogens with zero attached hydrogens (tertiary/aromatic N) is 3. The van der Waals surface area contributed by atoms with Crippen LogP contribution in [0.15, 0.2) is 66.2 Å². The molecule has 0 aliphatic heterocycles. The minimum absolute atomic E-state index is 0.0629. The zero-order valence-corrected chi connectivity index (χ0v) is 16.3. The first kappa shape index (κ1) is 18.4. The highest BCUT2D eigenvalue weighted by molar-refractivity contribution is 7.15. The van der Waals surface area contributed by atoms with Gasteiger partial charge in [-0.15, -0.1) is 11.3 Å². The van der Waals surface area contributed by atoms with Gasteiger partial charge in [0.25, 0.3) is 0 Å².